The van der Waals surface area contributed by atoms with Crippen LogP contribution >= 0.6 is 0 Å². The zero-order valence-electron chi connectivity index (χ0n) is 23.1. The number of aryl methyl sites for hydroxylation is 1. The summed E-state index contributed by atoms with van der Waals surface area (Å²) in [7, 11) is 0. The van der Waals surface area contributed by atoms with E-state index < -0.39 is 0 Å². The Morgan fingerprint density at radius 1 is 0.974 bits per heavy atom. The molecule has 2 aliphatic heterocycles. The van der Waals surface area contributed by atoms with Crippen molar-refractivity contribution in [3.63, 3.8) is 0 Å². The summed E-state index contributed by atoms with van der Waals surface area (Å²) >= 11 is 0. The summed E-state index contributed by atoms with van der Waals surface area (Å²) in [6.07, 6.45) is 5.96. The van der Waals surface area contributed by atoms with Gasteiger partial charge in [-0.3, -0.25) is 0 Å². The molecule has 0 spiro atoms. The first kappa shape index (κ1) is 26.8. The SMILES string of the molecule is CC.Cc1nccc(N2CCc3c(nc(-c4ccc(NC(=O)NC5CCC5)cc4)nc3N3CCOCC3)C2)n1. The van der Waals surface area contributed by atoms with Crippen LogP contribution in [-0.2, 0) is 17.7 Å². The van der Waals surface area contributed by atoms with Gasteiger partial charge in [0.1, 0.15) is 17.5 Å². The molecule has 3 aromatic rings. The van der Waals surface area contributed by atoms with Gasteiger partial charge in [0.05, 0.1) is 25.5 Å². The Hall–Kier alpha value is -3.79. The molecule has 2 amide bonds. The van der Waals surface area contributed by atoms with Gasteiger partial charge in [0.2, 0.25) is 0 Å². The van der Waals surface area contributed by atoms with Crippen molar-refractivity contribution in [1.82, 2.24) is 25.3 Å². The third kappa shape index (κ3) is 6.27. The number of aromatic nitrogens is 4. The Labute approximate surface area is 230 Å². The number of anilines is 3. The van der Waals surface area contributed by atoms with E-state index in [2.05, 4.69) is 30.4 Å². The van der Waals surface area contributed by atoms with Crippen LogP contribution in [0.2, 0.25) is 0 Å². The van der Waals surface area contributed by atoms with Crippen molar-refractivity contribution < 1.29 is 9.53 Å². The molecule has 1 aliphatic carbocycles. The molecule has 2 fully saturated rings. The van der Waals surface area contributed by atoms with E-state index in [0.717, 1.165) is 73.3 Å². The minimum Gasteiger partial charge on any atom is -0.378 e. The van der Waals surface area contributed by atoms with Gasteiger partial charge in [-0.25, -0.2) is 24.7 Å². The van der Waals surface area contributed by atoms with E-state index in [4.69, 9.17) is 14.7 Å². The molecule has 0 atom stereocenters. The molecule has 0 radical (unpaired) electrons. The number of hydrogen-bond acceptors (Lipinski definition) is 8. The van der Waals surface area contributed by atoms with Crippen LogP contribution in [0, 0.1) is 6.92 Å². The topological polar surface area (TPSA) is 108 Å². The van der Waals surface area contributed by atoms with Gasteiger partial charge in [-0.15, -0.1) is 0 Å². The summed E-state index contributed by atoms with van der Waals surface area (Å²) in [5, 5.41) is 5.94. The summed E-state index contributed by atoms with van der Waals surface area (Å²) in [6, 6.07) is 9.85. The number of fused-ring (bicyclic) bond motifs is 1. The van der Waals surface area contributed by atoms with Crippen LogP contribution in [0.15, 0.2) is 36.5 Å². The first-order chi connectivity index (χ1) is 19.1. The lowest BCUT2D eigenvalue weighted by Gasteiger charge is -2.34. The van der Waals surface area contributed by atoms with E-state index in [1.165, 1.54) is 12.0 Å². The molecule has 2 aromatic heterocycles. The molecule has 1 saturated heterocycles. The molecular formula is C29H38N8O2. The maximum Gasteiger partial charge on any atom is 0.319 e. The number of nitrogens with zero attached hydrogens (tertiary/aromatic N) is 6. The zero-order valence-corrected chi connectivity index (χ0v) is 23.1. The van der Waals surface area contributed by atoms with Gasteiger partial charge in [-0.2, -0.15) is 0 Å². The normalized spacial score (nSPS) is 16.9. The second-order valence-electron chi connectivity index (χ2n) is 9.83. The van der Waals surface area contributed by atoms with E-state index in [-0.39, 0.29) is 6.03 Å². The Morgan fingerprint density at radius 2 is 1.74 bits per heavy atom. The number of nitrogens with one attached hydrogen (secondary N) is 2. The average molecular weight is 531 g/mol. The maximum absolute atomic E-state index is 12.2. The second kappa shape index (κ2) is 12.4. The average Bonchev–Trinajstić information content (AvgIpc) is 2.96. The molecule has 1 aromatic carbocycles. The van der Waals surface area contributed by atoms with Crippen molar-refractivity contribution in [2.75, 3.05) is 48.0 Å². The first-order valence-electron chi connectivity index (χ1n) is 14.1. The van der Waals surface area contributed by atoms with Crippen molar-refractivity contribution in [3.05, 3.63) is 53.6 Å². The number of rotatable bonds is 5. The Morgan fingerprint density at radius 3 is 2.44 bits per heavy atom. The molecule has 1 saturated carbocycles. The molecule has 0 bridgehead atoms. The third-order valence-electron chi connectivity index (χ3n) is 7.28. The van der Waals surface area contributed by atoms with Gasteiger partial charge in [-0.05, 0) is 62.9 Å². The Kier molecular flexibility index (Phi) is 8.51. The van der Waals surface area contributed by atoms with Crippen LogP contribution in [0.25, 0.3) is 11.4 Å². The predicted molar refractivity (Wildman–Crippen MR) is 153 cm³/mol. The van der Waals surface area contributed by atoms with Crippen molar-refractivity contribution in [2.24, 2.45) is 0 Å². The zero-order chi connectivity index (χ0) is 27.2. The highest BCUT2D eigenvalue weighted by Gasteiger charge is 2.27. The number of amides is 2. The van der Waals surface area contributed by atoms with Crippen LogP contribution in [0.3, 0.4) is 0 Å². The molecule has 0 unspecified atom stereocenters. The minimum absolute atomic E-state index is 0.155. The molecule has 10 heteroatoms. The number of carbonyl (C=O) groups excluding carboxylic acids is 1. The van der Waals surface area contributed by atoms with E-state index in [0.29, 0.717) is 31.6 Å². The molecule has 4 heterocycles. The molecule has 206 valence electrons. The molecule has 10 nitrogen and oxygen atoms in total. The summed E-state index contributed by atoms with van der Waals surface area (Å²) in [5.74, 6) is 3.37. The summed E-state index contributed by atoms with van der Waals surface area (Å²) < 4.78 is 5.60. The van der Waals surface area contributed by atoms with Gasteiger partial charge in [-0.1, -0.05) is 13.8 Å². The molecule has 3 aliphatic rings. The second-order valence-corrected chi connectivity index (χ2v) is 9.83. The first-order valence-corrected chi connectivity index (χ1v) is 14.1. The number of ether oxygens (including phenoxy) is 1. The fourth-order valence-corrected chi connectivity index (χ4v) is 5.00. The maximum atomic E-state index is 12.2. The number of benzene rings is 1. The van der Waals surface area contributed by atoms with Crippen LogP contribution in [0.1, 0.15) is 50.2 Å². The lowest BCUT2D eigenvalue weighted by molar-refractivity contribution is 0.122. The fourth-order valence-electron chi connectivity index (χ4n) is 5.00. The van der Waals surface area contributed by atoms with Gasteiger partial charge < -0.3 is 25.2 Å². The summed E-state index contributed by atoms with van der Waals surface area (Å²) in [6.45, 7) is 10.5. The van der Waals surface area contributed by atoms with Crippen LogP contribution in [-0.4, -0.2) is 64.9 Å². The highest BCUT2D eigenvalue weighted by atomic mass is 16.5. The predicted octanol–water partition coefficient (Wildman–Crippen LogP) is 4.34. The smallest absolute Gasteiger partial charge is 0.319 e. The highest BCUT2D eigenvalue weighted by molar-refractivity contribution is 5.89. The van der Waals surface area contributed by atoms with Gasteiger partial charge in [0, 0.05) is 48.7 Å². The quantitative estimate of drug-likeness (QED) is 0.502. The minimum atomic E-state index is -0.155. The third-order valence-corrected chi connectivity index (χ3v) is 7.28. The molecule has 39 heavy (non-hydrogen) atoms. The van der Waals surface area contributed by atoms with Crippen LogP contribution in [0.5, 0.6) is 0 Å². The van der Waals surface area contributed by atoms with Crippen molar-refractivity contribution in [1.29, 1.82) is 0 Å². The lowest BCUT2D eigenvalue weighted by atomic mass is 9.93. The van der Waals surface area contributed by atoms with Gasteiger partial charge in [0.15, 0.2) is 5.82 Å². The summed E-state index contributed by atoms with van der Waals surface area (Å²) in [5.41, 5.74) is 3.89. The fraction of sp³-hybridized carbons (Fsp3) is 0.483. The van der Waals surface area contributed by atoms with Gasteiger partial charge >= 0.3 is 6.03 Å². The van der Waals surface area contributed by atoms with Crippen molar-refractivity contribution in [3.8, 4) is 11.4 Å². The highest BCUT2D eigenvalue weighted by Crippen LogP contribution is 2.31. The van der Waals surface area contributed by atoms with Crippen molar-refractivity contribution >= 4 is 23.4 Å². The number of urea groups is 1. The standard InChI is InChI=1S/C27H32N8O2.C2H6/c1-18-28-11-9-24(29-18)35-12-10-22-23(17-35)32-25(33-26(22)34-13-15-37-16-14-34)19-5-7-21(8-6-19)31-27(36)30-20-3-2-4-20;1-2/h5-9,11,20H,2-4,10,12-17H2,1H3,(H2,30,31,36);1-2H3. The number of carbonyl (C=O) groups is 1. The van der Waals surface area contributed by atoms with E-state index in [1.54, 1.807) is 6.20 Å². The van der Waals surface area contributed by atoms with Crippen LogP contribution < -0.4 is 20.4 Å². The summed E-state index contributed by atoms with van der Waals surface area (Å²) in [4.78, 5) is 35.8. The monoisotopic (exact) mass is 530 g/mol. The number of morpholine rings is 1. The van der Waals surface area contributed by atoms with E-state index >= 15 is 0 Å². The largest absolute Gasteiger partial charge is 0.378 e. The van der Waals surface area contributed by atoms with Crippen molar-refractivity contribution in [2.45, 2.75) is 59.0 Å². The van der Waals surface area contributed by atoms with E-state index in [1.807, 2.05) is 51.1 Å². The Balaban J connectivity index is 0.00000151. The molecule has 6 rings (SSSR count). The number of hydrogen-bond donors (Lipinski definition) is 2. The Bertz CT molecular complexity index is 1270. The molecule has 2 N–H and O–H groups in total. The van der Waals surface area contributed by atoms with E-state index in [9.17, 15) is 4.79 Å². The molecular weight excluding hydrogens is 492 g/mol. The van der Waals surface area contributed by atoms with Crippen LogP contribution in [0.4, 0.5) is 22.1 Å². The lowest BCUT2D eigenvalue weighted by Crippen LogP contribution is -2.41. The van der Waals surface area contributed by atoms with Gasteiger partial charge in [0.25, 0.3) is 0 Å².